The van der Waals surface area contributed by atoms with E-state index in [9.17, 15) is 0 Å². The summed E-state index contributed by atoms with van der Waals surface area (Å²) >= 11 is 7.53. The van der Waals surface area contributed by atoms with Crippen LogP contribution in [0.15, 0.2) is 42.5 Å². The number of fused-ring (bicyclic) bond motifs is 1. The molecule has 0 bridgehead atoms. The second-order valence-electron chi connectivity index (χ2n) is 6.17. The molecule has 0 unspecified atom stereocenters. The van der Waals surface area contributed by atoms with Crippen molar-refractivity contribution in [1.29, 1.82) is 0 Å². The molecule has 2 aromatic carbocycles. The number of hydrogen-bond donors (Lipinski definition) is 0. The first kappa shape index (κ1) is 15.9. The molecule has 3 aromatic rings. The van der Waals surface area contributed by atoms with Gasteiger partial charge < -0.3 is 4.74 Å². The van der Waals surface area contributed by atoms with Crippen LogP contribution in [0, 0.1) is 0 Å². The van der Waals surface area contributed by atoms with Crippen LogP contribution in [0.1, 0.15) is 24.8 Å². The minimum Gasteiger partial charge on any atom is -0.431 e. The minimum atomic E-state index is 0.649. The van der Waals surface area contributed by atoms with Gasteiger partial charge in [0.05, 0.1) is 10.2 Å². The zero-order valence-corrected chi connectivity index (χ0v) is 14.9. The monoisotopic (exact) mass is 358 g/mol. The van der Waals surface area contributed by atoms with Gasteiger partial charge in [-0.15, -0.1) is 0 Å². The highest BCUT2D eigenvalue weighted by Crippen LogP contribution is 2.32. The molecular formula is C19H19ClN2OS. The molecule has 0 N–H and O–H groups in total. The molecule has 0 amide bonds. The van der Waals surface area contributed by atoms with Crippen molar-refractivity contribution in [3.63, 3.8) is 0 Å². The maximum Gasteiger partial charge on any atom is 0.279 e. The summed E-state index contributed by atoms with van der Waals surface area (Å²) in [5.41, 5.74) is 2.25. The fraction of sp³-hybridized carbons (Fsp3) is 0.316. The molecule has 0 atom stereocenters. The minimum absolute atomic E-state index is 0.649. The van der Waals surface area contributed by atoms with E-state index in [1.54, 1.807) is 0 Å². The lowest BCUT2D eigenvalue weighted by Gasteiger charge is -2.26. The van der Waals surface area contributed by atoms with Gasteiger partial charge in [-0.05, 0) is 61.8 Å². The number of benzene rings is 2. The Labute approximate surface area is 150 Å². The van der Waals surface area contributed by atoms with Crippen LogP contribution in [-0.4, -0.2) is 23.0 Å². The Morgan fingerprint density at radius 2 is 1.83 bits per heavy atom. The van der Waals surface area contributed by atoms with Crippen LogP contribution in [0.5, 0.6) is 10.9 Å². The zero-order valence-electron chi connectivity index (χ0n) is 13.4. The molecule has 0 spiro atoms. The van der Waals surface area contributed by atoms with Crippen molar-refractivity contribution >= 4 is 33.2 Å². The predicted octanol–water partition coefficient (Wildman–Crippen LogP) is 5.73. The number of nitrogens with zero attached hydrogens (tertiary/aromatic N) is 2. The third-order valence-corrected chi connectivity index (χ3v) is 5.45. The third-order valence-electron chi connectivity index (χ3n) is 4.31. The first-order valence-corrected chi connectivity index (χ1v) is 9.51. The lowest BCUT2D eigenvalue weighted by Crippen LogP contribution is -2.28. The first-order valence-electron chi connectivity index (χ1n) is 8.31. The van der Waals surface area contributed by atoms with E-state index < -0.39 is 0 Å². The fourth-order valence-electron chi connectivity index (χ4n) is 3.06. The third kappa shape index (κ3) is 3.72. The van der Waals surface area contributed by atoms with Gasteiger partial charge >= 0.3 is 0 Å². The maximum absolute atomic E-state index is 6.02. The van der Waals surface area contributed by atoms with E-state index in [-0.39, 0.29) is 0 Å². The largest absolute Gasteiger partial charge is 0.431 e. The molecule has 2 heterocycles. The van der Waals surface area contributed by atoms with Gasteiger partial charge in [0, 0.05) is 11.6 Å². The summed E-state index contributed by atoms with van der Waals surface area (Å²) in [6.45, 7) is 3.46. The zero-order chi connectivity index (χ0) is 16.4. The average molecular weight is 359 g/mol. The molecular weight excluding hydrogens is 340 g/mol. The summed E-state index contributed by atoms with van der Waals surface area (Å²) < 4.78 is 6.94. The fourth-order valence-corrected chi connectivity index (χ4v) is 4.17. The van der Waals surface area contributed by atoms with Crippen molar-refractivity contribution < 1.29 is 4.74 Å². The summed E-state index contributed by atoms with van der Waals surface area (Å²) in [7, 11) is 0. The molecule has 24 heavy (non-hydrogen) atoms. The average Bonchev–Trinajstić information content (AvgIpc) is 2.99. The molecule has 1 saturated heterocycles. The Balaban J connectivity index is 1.44. The Kier molecular flexibility index (Phi) is 4.69. The summed E-state index contributed by atoms with van der Waals surface area (Å²) in [6, 6.07) is 14.0. The van der Waals surface area contributed by atoms with Crippen molar-refractivity contribution in [2.45, 2.75) is 25.8 Å². The van der Waals surface area contributed by atoms with Crippen molar-refractivity contribution in [3.8, 4) is 10.9 Å². The number of aromatic nitrogens is 1. The second kappa shape index (κ2) is 7.09. The Hall–Kier alpha value is -1.62. The van der Waals surface area contributed by atoms with Crippen LogP contribution in [0.4, 0.5) is 0 Å². The van der Waals surface area contributed by atoms with Crippen molar-refractivity contribution in [2.24, 2.45) is 0 Å². The molecule has 1 fully saturated rings. The van der Waals surface area contributed by atoms with Crippen LogP contribution in [0.25, 0.3) is 10.2 Å². The van der Waals surface area contributed by atoms with Crippen molar-refractivity contribution in [2.75, 3.05) is 13.1 Å². The van der Waals surface area contributed by atoms with Crippen LogP contribution in [0.3, 0.4) is 0 Å². The predicted molar refractivity (Wildman–Crippen MR) is 100 cm³/mol. The summed E-state index contributed by atoms with van der Waals surface area (Å²) in [6.07, 6.45) is 4.02. The SMILES string of the molecule is Clc1ccc2nc(Oc3ccc(CN4CCCCC4)cc3)sc2c1. The van der Waals surface area contributed by atoms with Gasteiger partial charge in [0.25, 0.3) is 5.19 Å². The highest BCUT2D eigenvalue weighted by Gasteiger charge is 2.11. The molecule has 1 aromatic heterocycles. The maximum atomic E-state index is 6.02. The number of rotatable bonds is 4. The van der Waals surface area contributed by atoms with Gasteiger partial charge in [0.15, 0.2) is 0 Å². The second-order valence-corrected chi connectivity index (χ2v) is 7.60. The van der Waals surface area contributed by atoms with Gasteiger partial charge in [-0.25, -0.2) is 4.98 Å². The standard InChI is InChI=1S/C19H19ClN2OS/c20-15-6-9-17-18(12-15)24-19(21-17)23-16-7-4-14(5-8-16)13-22-10-2-1-3-11-22/h4-9,12H,1-3,10-11,13H2. The normalized spacial score (nSPS) is 15.7. The molecule has 1 aliphatic heterocycles. The van der Waals surface area contributed by atoms with Crippen LogP contribution >= 0.6 is 22.9 Å². The quantitative estimate of drug-likeness (QED) is 0.595. The van der Waals surface area contributed by atoms with Gasteiger partial charge in [0.1, 0.15) is 5.75 Å². The summed E-state index contributed by atoms with van der Waals surface area (Å²) in [4.78, 5) is 7.02. The number of thiazole rings is 1. The molecule has 0 saturated carbocycles. The molecule has 3 nitrogen and oxygen atoms in total. The summed E-state index contributed by atoms with van der Waals surface area (Å²) in [5, 5.41) is 1.37. The van der Waals surface area contributed by atoms with Crippen LogP contribution in [0.2, 0.25) is 5.02 Å². The Bertz CT molecular complexity index is 825. The van der Waals surface area contributed by atoms with E-state index in [1.807, 2.05) is 30.3 Å². The van der Waals surface area contributed by atoms with E-state index in [1.165, 1.54) is 49.3 Å². The lowest BCUT2D eigenvalue weighted by molar-refractivity contribution is 0.221. The lowest BCUT2D eigenvalue weighted by atomic mass is 10.1. The molecule has 0 radical (unpaired) electrons. The molecule has 0 aliphatic carbocycles. The molecule has 124 valence electrons. The van der Waals surface area contributed by atoms with E-state index in [0.29, 0.717) is 5.19 Å². The van der Waals surface area contributed by atoms with Crippen LogP contribution in [-0.2, 0) is 6.54 Å². The van der Waals surface area contributed by atoms with Gasteiger partial charge in [0.2, 0.25) is 0 Å². The van der Waals surface area contributed by atoms with E-state index in [2.05, 4.69) is 22.0 Å². The Morgan fingerprint density at radius 3 is 2.62 bits per heavy atom. The number of ether oxygens (including phenoxy) is 1. The highest BCUT2D eigenvalue weighted by atomic mass is 35.5. The van der Waals surface area contributed by atoms with Crippen molar-refractivity contribution in [3.05, 3.63) is 53.1 Å². The van der Waals surface area contributed by atoms with Crippen molar-refractivity contribution in [1.82, 2.24) is 9.88 Å². The van der Waals surface area contributed by atoms with E-state index in [4.69, 9.17) is 16.3 Å². The smallest absolute Gasteiger partial charge is 0.279 e. The Morgan fingerprint density at radius 1 is 1.04 bits per heavy atom. The van der Waals surface area contributed by atoms with E-state index >= 15 is 0 Å². The number of halogens is 1. The topological polar surface area (TPSA) is 25.4 Å². The van der Waals surface area contributed by atoms with Crippen LogP contribution < -0.4 is 4.74 Å². The molecule has 4 rings (SSSR count). The van der Waals surface area contributed by atoms with Gasteiger partial charge in [-0.3, -0.25) is 4.90 Å². The number of hydrogen-bond acceptors (Lipinski definition) is 4. The molecule has 1 aliphatic rings. The summed E-state index contributed by atoms with van der Waals surface area (Å²) in [5.74, 6) is 0.822. The molecule has 5 heteroatoms. The first-order chi connectivity index (χ1) is 11.8. The number of likely N-dealkylation sites (tertiary alicyclic amines) is 1. The van der Waals surface area contributed by atoms with E-state index in [0.717, 1.165) is 27.5 Å². The highest BCUT2D eigenvalue weighted by molar-refractivity contribution is 7.20. The van der Waals surface area contributed by atoms with Gasteiger partial charge in [-0.2, -0.15) is 0 Å². The number of piperidine rings is 1. The van der Waals surface area contributed by atoms with Gasteiger partial charge in [-0.1, -0.05) is 41.5 Å².